The number of carbonyl (C=O) groups excluding carboxylic acids is 1. The minimum atomic E-state index is -4.72. The van der Waals surface area contributed by atoms with E-state index in [0.717, 1.165) is 18.7 Å². The minimum absolute atomic E-state index is 0.00809. The van der Waals surface area contributed by atoms with Gasteiger partial charge in [0.2, 0.25) is 5.91 Å². The van der Waals surface area contributed by atoms with Crippen molar-refractivity contribution in [1.29, 1.82) is 0 Å². The molecule has 1 aromatic heterocycles. The molecule has 0 atom stereocenters. The maximum Gasteiger partial charge on any atom is 0.573 e. The number of anilines is 1. The van der Waals surface area contributed by atoms with Gasteiger partial charge in [-0.3, -0.25) is 4.79 Å². The first kappa shape index (κ1) is 18.9. The van der Waals surface area contributed by atoms with Gasteiger partial charge < -0.3 is 15.0 Å². The number of halogens is 3. The maximum atomic E-state index is 12.3. The van der Waals surface area contributed by atoms with Crippen LogP contribution in [0.1, 0.15) is 12.8 Å². The van der Waals surface area contributed by atoms with E-state index in [4.69, 9.17) is 0 Å². The number of piperidine rings is 1. The Morgan fingerprint density at radius 1 is 1.19 bits per heavy atom. The van der Waals surface area contributed by atoms with Crippen LogP contribution in [0.4, 0.5) is 19.0 Å². The molecule has 0 radical (unpaired) electrons. The fourth-order valence-electron chi connectivity index (χ4n) is 3.08. The summed E-state index contributed by atoms with van der Waals surface area (Å²) in [6.07, 6.45) is -1.81. The number of hydrogen-bond donors (Lipinski definition) is 1. The highest BCUT2D eigenvalue weighted by molar-refractivity contribution is 5.78. The zero-order valence-corrected chi connectivity index (χ0v) is 14.7. The number of hydrogen-bond acceptors (Lipinski definition) is 5. The minimum Gasteiger partial charge on any atom is -0.406 e. The van der Waals surface area contributed by atoms with Crippen LogP contribution in [-0.4, -0.2) is 42.4 Å². The zero-order chi connectivity index (χ0) is 19.4. The van der Waals surface area contributed by atoms with Gasteiger partial charge in [0.25, 0.3) is 0 Å². The number of ether oxygens (including phenoxy) is 1. The average Bonchev–Trinajstić information content (AvgIpc) is 2.67. The number of rotatable bonds is 4. The van der Waals surface area contributed by atoms with Crippen molar-refractivity contribution in [2.75, 3.05) is 25.0 Å². The molecular weight excluding hydrogens is 361 g/mol. The molecule has 1 saturated heterocycles. The molecule has 0 bridgehead atoms. The van der Waals surface area contributed by atoms with Gasteiger partial charge in [0.1, 0.15) is 17.9 Å². The van der Waals surface area contributed by atoms with Gasteiger partial charge in [-0.25, -0.2) is 9.97 Å². The fraction of sp³-hybridized carbons (Fsp3) is 0.389. The third-order valence-corrected chi connectivity index (χ3v) is 4.47. The van der Waals surface area contributed by atoms with Crippen LogP contribution in [0.25, 0.3) is 11.3 Å². The molecule has 2 heterocycles. The Morgan fingerprint density at radius 2 is 1.85 bits per heavy atom. The van der Waals surface area contributed by atoms with E-state index in [9.17, 15) is 18.0 Å². The molecule has 144 valence electrons. The second-order valence-electron chi connectivity index (χ2n) is 6.21. The van der Waals surface area contributed by atoms with Crippen molar-refractivity contribution in [3.05, 3.63) is 36.7 Å². The van der Waals surface area contributed by atoms with Crippen LogP contribution in [-0.2, 0) is 4.79 Å². The number of benzene rings is 1. The zero-order valence-electron chi connectivity index (χ0n) is 14.7. The van der Waals surface area contributed by atoms with Crippen molar-refractivity contribution in [3.63, 3.8) is 0 Å². The number of alkyl halides is 3. The molecule has 1 amide bonds. The van der Waals surface area contributed by atoms with Crippen LogP contribution < -0.4 is 15.0 Å². The van der Waals surface area contributed by atoms with Gasteiger partial charge in [-0.05, 0) is 37.1 Å². The molecule has 1 fully saturated rings. The summed E-state index contributed by atoms with van der Waals surface area (Å²) < 4.78 is 40.6. The molecule has 1 aliphatic rings. The summed E-state index contributed by atoms with van der Waals surface area (Å²) >= 11 is 0. The van der Waals surface area contributed by atoms with E-state index in [0.29, 0.717) is 24.3 Å². The monoisotopic (exact) mass is 380 g/mol. The molecule has 2 aromatic rings. The van der Waals surface area contributed by atoms with Crippen LogP contribution in [0.15, 0.2) is 36.7 Å². The molecule has 1 aromatic carbocycles. The molecule has 9 heteroatoms. The first-order chi connectivity index (χ1) is 12.9. The van der Waals surface area contributed by atoms with E-state index in [1.54, 1.807) is 13.1 Å². The summed E-state index contributed by atoms with van der Waals surface area (Å²) in [4.78, 5) is 22.3. The second kappa shape index (κ2) is 7.81. The Morgan fingerprint density at radius 3 is 2.44 bits per heavy atom. The van der Waals surface area contributed by atoms with Crippen molar-refractivity contribution in [1.82, 2.24) is 15.3 Å². The third-order valence-electron chi connectivity index (χ3n) is 4.47. The van der Waals surface area contributed by atoms with Gasteiger partial charge in [0.05, 0.1) is 5.69 Å². The lowest BCUT2D eigenvalue weighted by atomic mass is 9.96. The van der Waals surface area contributed by atoms with Gasteiger partial charge in [0, 0.05) is 37.7 Å². The average molecular weight is 380 g/mol. The second-order valence-corrected chi connectivity index (χ2v) is 6.21. The highest BCUT2D eigenvalue weighted by atomic mass is 19.4. The summed E-state index contributed by atoms with van der Waals surface area (Å²) in [6, 6.07) is 7.33. The van der Waals surface area contributed by atoms with Crippen molar-refractivity contribution in [3.8, 4) is 17.0 Å². The molecule has 1 N–H and O–H groups in total. The van der Waals surface area contributed by atoms with Crippen LogP contribution in [0.5, 0.6) is 5.75 Å². The van der Waals surface area contributed by atoms with E-state index >= 15 is 0 Å². The molecular formula is C18H19F3N4O2. The van der Waals surface area contributed by atoms with Gasteiger partial charge >= 0.3 is 6.36 Å². The van der Waals surface area contributed by atoms with E-state index < -0.39 is 6.36 Å². The Labute approximate surface area is 154 Å². The smallest absolute Gasteiger partial charge is 0.406 e. The molecule has 0 spiro atoms. The predicted octanol–water partition coefficient (Wildman–Crippen LogP) is 3.00. The quantitative estimate of drug-likeness (QED) is 0.883. The van der Waals surface area contributed by atoms with Crippen molar-refractivity contribution in [2.45, 2.75) is 19.2 Å². The summed E-state index contributed by atoms with van der Waals surface area (Å²) in [7, 11) is 1.64. The number of nitrogens with one attached hydrogen (secondary N) is 1. The summed E-state index contributed by atoms with van der Waals surface area (Å²) in [6.45, 7) is 1.40. The number of aromatic nitrogens is 2. The number of nitrogens with zero attached hydrogens (tertiary/aromatic N) is 3. The van der Waals surface area contributed by atoms with Crippen molar-refractivity contribution in [2.24, 2.45) is 5.92 Å². The number of amides is 1. The lowest BCUT2D eigenvalue weighted by Gasteiger charge is -2.32. The Balaban J connectivity index is 1.70. The van der Waals surface area contributed by atoms with Crippen molar-refractivity contribution < 1.29 is 22.7 Å². The molecule has 0 unspecified atom stereocenters. The molecule has 3 rings (SSSR count). The molecule has 1 aliphatic heterocycles. The molecule has 27 heavy (non-hydrogen) atoms. The Bertz CT molecular complexity index is 788. The first-order valence-corrected chi connectivity index (χ1v) is 8.50. The maximum absolute atomic E-state index is 12.3. The van der Waals surface area contributed by atoms with Gasteiger partial charge in [-0.15, -0.1) is 13.2 Å². The summed E-state index contributed by atoms with van der Waals surface area (Å²) in [5, 5.41) is 2.67. The van der Waals surface area contributed by atoms with Gasteiger partial charge in [-0.2, -0.15) is 0 Å². The van der Waals surface area contributed by atoms with Gasteiger partial charge in [-0.1, -0.05) is 0 Å². The first-order valence-electron chi connectivity index (χ1n) is 8.50. The van der Waals surface area contributed by atoms with E-state index in [1.807, 2.05) is 0 Å². The van der Waals surface area contributed by atoms with E-state index in [-0.39, 0.29) is 17.6 Å². The summed E-state index contributed by atoms with van der Waals surface area (Å²) in [5.74, 6) is 0.510. The lowest BCUT2D eigenvalue weighted by Crippen LogP contribution is -2.39. The predicted molar refractivity (Wildman–Crippen MR) is 93.2 cm³/mol. The molecule has 0 saturated carbocycles. The van der Waals surface area contributed by atoms with Gasteiger partial charge in [0.15, 0.2) is 0 Å². The normalized spacial score (nSPS) is 15.5. The van der Waals surface area contributed by atoms with Crippen molar-refractivity contribution >= 4 is 11.7 Å². The standard InChI is InChI=1S/C18H19F3N4O2/c1-22-17(26)13-6-8-25(9-7-13)16-10-15(23-11-24-16)12-2-4-14(5-3-12)27-18(19,20)21/h2-5,10-11,13H,6-9H2,1H3,(H,22,26). The topological polar surface area (TPSA) is 67.4 Å². The van der Waals surface area contributed by atoms with E-state index in [1.165, 1.54) is 30.6 Å². The fourth-order valence-corrected chi connectivity index (χ4v) is 3.08. The SMILES string of the molecule is CNC(=O)C1CCN(c2cc(-c3ccc(OC(F)(F)F)cc3)ncn2)CC1. The summed E-state index contributed by atoms with van der Waals surface area (Å²) in [5.41, 5.74) is 1.26. The van der Waals surface area contributed by atoms with Crippen LogP contribution in [0, 0.1) is 5.92 Å². The van der Waals surface area contributed by atoms with Crippen LogP contribution in [0.3, 0.4) is 0 Å². The van der Waals surface area contributed by atoms with Crippen LogP contribution >= 0.6 is 0 Å². The van der Waals surface area contributed by atoms with E-state index in [2.05, 4.69) is 24.9 Å². The largest absolute Gasteiger partial charge is 0.573 e. The Hall–Kier alpha value is -2.84. The molecule has 0 aliphatic carbocycles. The Kier molecular flexibility index (Phi) is 5.48. The third kappa shape index (κ3) is 4.87. The number of carbonyl (C=O) groups is 1. The molecule has 6 nitrogen and oxygen atoms in total. The lowest BCUT2D eigenvalue weighted by molar-refractivity contribution is -0.274. The highest BCUT2D eigenvalue weighted by Gasteiger charge is 2.31. The van der Waals surface area contributed by atoms with Crippen LogP contribution in [0.2, 0.25) is 0 Å². The highest BCUT2D eigenvalue weighted by Crippen LogP contribution is 2.28.